The van der Waals surface area contributed by atoms with Crippen molar-refractivity contribution in [2.45, 2.75) is 45.1 Å². The molecule has 1 N–H and O–H groups in total. The van der Waals surface area contributed by atoms with Crippen molar-refractivity contribution in [2.75, 3.05) is 6.54 Å². The Morgan fingerprint density at radius 3 is 2.63 bits per heavy atom. The summed E-state index contributed by atoms with van der Waals surface area (Å²) in [7, 11) is 0. The lowest BCUT2D eigenvalue weighted by molar-refractivity contribution is -0.131. The number of nitrogens with one attached hydrogen (secondary N) is 1. The van der Waals surface area contributed by atoms with Gasteiger partial charge >= 0.3 is 0 Å². The zero-order valence-corrected chi connectivity index (χ0v) is 11.4. The molecule has 0 aromatic heterocycles. The van der Waals surface area contributed by atoms with Gasteiger partial charge in [-0.05, 0) is 30.4 Å². The Hall–Kier alpha value is -1.35. The molecule has 1 fully saturated rings. The van der Waals surface area contributed by atoms with Crippen LogP contribution in [0.5, 0.6) is 0 Å². The highest BCUT2D eigenvalue weighted by molar-refractivity contribution is 5.78. The fourth-order valence-corrected chi connectivity index (χ4v) is 3.20. The van der Waals surface area contributed by atoms with Gasteiger partial charge in [-0.3, -0.25) is 10.2 Å². The van der Waals surface area contributed by atoms with Gasteiger partial charge < -0.3 is 0 Å². The van der Waals surface area contributed by atoms with Crippen molar-refractivity contribution in [1.29, 1.82) is 0 Å². The number of carbonyl (C=O) groups is 1. The summed E-state index contributed by atoms with van der Waals surface area (Å²) in [5.41, 5.74) is 5.89. The molecule has 1 aliphatic heterocycles. The zero-order chi connectivity index (χ0) is 13.1. The fraction of sp³-hybridized carbons (Fsp3) is 0.562. The average molecular weight is 258 g/mol. The van der Waals surface area contributed by atoms with Gasteiger partial charge in [-0.25, -0.2) is 5.01 Å². The van der Waals surface area contributed by atoms with Gasteiger partial charge in [0.1, 0.15) is 0 Å². The molecule has 102 valence electrons. The summed E-state index contributed by atoms with van der Waals surface area (Å²) < 4.78 is 0. The first-order valence-electron chi connectivity index (χ1n) is 7.45. The Labute approximate surface area is 115 Å². The second-order valence-corrected chi connectivity index (χ2v) is 5.75. The lowest BCUT2D eigenvalue weighted by atomic mass is 9.89. The van der Waals surface area contributed by atoms with Crippen LogP contribution in [0.15, 0.2) is 24.3 Å². The first kappa shape index (κ1) is 12.7. The topological polar surface area (TPSA) is 32.3 Å². The van der Waals surface area contributed by atoms with Gasteiger partial charge in [0.25, 0.3) is 0 Å². The van der Waals surface area contributed by atoms with Crippen LogP contribution in [-0.4, -0.2) is 17.5 Å². The molecule has 1 aromatic rings. The van der Waals surface area contributed by atoms with E-state index in [9.17, 15) is 4.79 Å². The lowest BCUT2D eigenvalue weighted by Gasteiger charge is -2.31. The molecule has 0 spiro atoms. The molecule has 1 aliphatic carbocycles. The minimum atomic E-state index is 0.235. The number of hydrogen-bond donors (Lipinski definition) is 1. The van der Waals surface area contributed by atoms with E-state index in [4.69, 9.17) is 0 Å². The van der Waals surface area contributed by atoms with E-state index in [0.717, 1.165) is 32.4 Å². The number of benzene rings is 1. The molecule has 0 atom stereocenters. The Morgan fingerprint density at radius 1 is 1.11 bits per heavy atom. The number of hydrogen-bond acceptors (Lipinski definition) is 2. The van der Waals surface area contributed by atoms with Gasteiger partial charge in [0, 0.05) is 19.0 Å². The number of rotatable bonds is 2. The Morgan fingerprint density at radius 2 is 1.84 bits per heavy atom. The van der Waals surface area contributed by atoms with Gasteiger partial charge in [0.15, 0.2) is 0 Å². The number of hydrazine groups is 1. The number of fused-ring (bicyclic) bond motifs is 1. The summed E-state index contributed by atoms with van der Waals surface area (Å²) >= 11 is 0. The van der Waals surface area contributed by atoms with Crippen LogP contribution < -0.4 is 5.43 Å². The summed E-state index contributed by atoms with van der Waals surface area (Å²) in [5.74, 6) is 0.477. The maximum absolute atomic E-state index is 12.2. The smallest absolute Gasteiger partial charge is 0.237 e. The van der Waals surface area contributed by atoms with Crippen LogP contribution in [0.4, 0.5) is 0 Å². The van der Waals surface area contributed by atoms with E-state index >= 15 is 0 Å². The van der Waals surface area contributed by atoms with Crippen LogP contribution in [0.3, 0.4) is 0 Å². The zero-order valence-electron chi connectivity index (χ0n) is 11.4. The Balaban J connectivity index is 1.58. The predicted molar refractivity (Wildman–Crippen MR) is 75.3 cm³/mol. The van der Waals surface area contributed by atoms with Crippen LogP contribution in [0.1, 0.15) is 43.2 Å². The molecule has 0 radical (unpaired) electrons. The van der Waals surface area contributed by atoms with Crippen LogP contribution in [-0.2, 0) is 17.8 Å². The van der Waals surface area contributed by atoms with E-state index in [2.05, 4.69) is 34.7 Å². The van der Waals surface area contributed by atoms with E-state index in [1.165, 1.54) is 30.4 Å². The third-order valence-corrected chi connectivity index (χ3v) is 4.37. The monoisotopic (exact) mass is 258 g/mol. The van der Waals surface area contributed by atoms with Crippen molar-refractivity contribution < 1.29 is 4.79 Å². The van der Waals surface area contributed by atoms with Crippen molar-refractivity contribution in [3.05, 3.63) is 35.4 Å². The van der Waals surface area contributed by atoms with Crippen molar-refractivity contribution in [3.8, 4) is 0 Å². The number of carbonyl (C=O) groups excluding carboxylic acids is 1. The lowest BCUT2D eigenvalue weighted by Crippen LogP contribution is -2.47. The fourth-order valence-electron chi connectivity index (χ4n) is 3.20. The molecule has 1 amide bonds. The van der Waals surface area contributed by atoms with Crippen molar-refractivity contribution >= 4 is 5.91 Å². The number of nitrogens with zero attached hydrogens (tertiary/aromatic N) is 1. The highest BCUT2D eigenvalue weighted by Crippen LogP contribution is 2.24. The van der Waals surface area contributed by atoms with Crippen LogP contribution in [0, 0.1) is 5.92 Å². The second-order valence-electron chi connectivity index (χ2n) is 5.75. The molecule has 3 nitrogen and oxygen atoms in total. The van der Waals surface area contributed by atoms with Gasteiger partial charge in [-0.1, -0.05) is 43.5 Å². The molecular weight excluding hydrogens is 236 g/mol. The molecular formula is C16H22N2O. The van der Waals surface area contributed by atoms with Crippen LogP contribution >= 0.6 is 0 Å². The highest BCUT2D eigenvalue weighted by atomic mass is 16.2. The van der Waals surface area contributed by atoms with E-state index < -0.39 is 0 Å². The third kappa shape index (κ3) is 2.98. The van der Waals surface area contributed by atoms with E-state index in [-0.39, 0.29) is 11.8 Å². The maximum Gasteiger partial charge on any atom is 0.237 e. The molecule has 0 unspecified atom stereocenters. The van der Waals surface area contributed by atoms with E-state index in [1.807, 2.05) is 0 Å². The Bertz CT molecular complexity index is 452. The average Bonchev–Trinajstić information content (AvgIpc) is 2.48. The minimum Gasteiger partial charge on any atom is -0.288 e. The number of amides is 1. The SMILES string of the molecule is O=C(NN1CCc2ccccc2C1)C1CCCCC1. The summed E-state index contributed by atoms with van der Waals surface area (Å²) in [6, 6.07) is 8.52. The largest absolute Gasteiger partial charge is 0.288 e. The molecule has 0 bridgehead atoms. The van der Waals surface area contributed by atoms with Gasteiger partial charge in [-0.15, -0.1) is 0 Å². The first-order valence-corrected chi connectivity index (χ1v) is 7.45. The van der Waals surface area contributed by atoms with Crippen LogP contribution in [0.2, 0.25) is 0 Å². The molecule has 1 aromatic carbocycles. The van der Waals surface area contributed by atoms with Crippen LogP contribution in [0.25, 0.3) is 0 Å². The molecule has 19 heavy (non-hydrogen) atoms. The van der Waals surface area contributed by atoms with Crippen molar-refractivity contribution in [3.63, 3.8) is 0 Å². The Kier molecular flexibility index (Phi) is 3.83. The summed E-state index contributed by atoms with van der Waals surface area (Å²) in [4.78, 5) is 12.2. The van der Waals surface area contributed by atoms with Gasteiger partial charge in [0.2, 0.25) is 5.91 Å². The molecule has 3 rings (SSSR count). The summed E-state index contributed by atoms with van der Waals surface area (Å²) in [6.07, 6.45) is 6.87. The minimum absolute atomic E-state index is 0.235. The second kappa shape index (κ2) is 5.74. The van der Waals surface area contributed by atoms with E-state index in [0.29, 0.717) is 0 Å². The normalized spacial score (nSPS) is 20.8. The molecule has 0 saturated heterocycles. The molecule has 3 heteroatoms. The standard InChI is InChI=1S/C16H22N2O/c19-16(14-7-2-1-3-8-14)17-18-11-10-13-6-4-5-9-15(13)12-18/h4-6,9,14H,1-3,7-8,10-12H2,(H,17,19). The molecule has 2 aliphatic rings. The first-order chi connectivity index (χ1) is 9.33. The molecule has 1 heterocycles. The van der Waals surface area contributed by atoms with Gasteiger partial charge in [0.05, 0.1) is 0 Å². The summed E-state index contributed by atoms with van der Waals surface area (Å²) in [5, 5.41) is 2.08. The highest BCUT2D eigenvalue weighted by Gasteiger charge is 2.24. The third-order valence-electron chi connectivity index (χ3n) is 4.37. The quantitative estimate of drug-likeness (QED) is 0.884. The molecule has 1 saturated carbocycles. The van der Waals surface area contributed by atoms with E-state index in [1.54, 1.807) is 0 Å². The summed E-state index contributed by atoms with van der Waals surface area (Å²) in [6.45, 7) is 1.77. The maximum atomic E-state index is 12.2. The van der Waals surface area contributed by atoms with Crippen molar-refractivity contribution in [1.82, 2.24) is 10.4 Å². The predicted octanol–water partition coefficient (Wildman–Crippen LogP) is 2.66. The van der Waals surface area contributed by atoms with Crippen molar-refractivity contribution in [2.24, 2.45) is 5.92 Å². The van der Waals surface area contributed by atoms with Gasteiger partial charge in [-0.2, -0.15) is 0 Å².